The van der Waals surface area contributed by atoms with Crippen LogP contribution in [-0.2, 0) is 36.3 Å². The Labute approximate surface area is 177 Å². The molecule has 2 fully saturated rings. The van der Waals surface area contributed by atoms with E-state index in [0.29, 0.717) is 10.7 Å². The van der Waals surface area contributed by atoms with E-state index in [9.17, 15) is 9.13 Å². The van der Waals surface area contributed by atoms with Crippen LogP contribution in [0.4, 0.5) is 0 Å². The smallest absolute Gasteiger partial charge is 0.286 e. The van der Waals surface area contributed by atoms with Crippen LogP contribution < -0.4 is 0 Å². The van der Waals surface area contributed by atoms with Crippen LogP contribution in [0, 0.1) is 16.2 Å². The first kappa shape index (κ1) is 24.4. The molecule has 2 aliphatic heterocycles. The molecule has 0 unspecified atom stereocenters. The molecule has 8 nitrogen and oxygen atoms in total. The largest absolute Gasteiger partial charge is 0.474 e. The molecule has 0 radical (unpaired) electrons. The zero-order chi connectivity index (χ0) is 20.4. The van der Waals surface area contributed by atoms with Crippen molar-refractivity contribution in [2.24, 2.45) is 16.2 Å². The number of phosphoric acid groups is 2. The second-order valence-corrected chi connectivity index (χ2v) is 13.1. The van der Waals surface area contributed by atoms with Gasteiger partial charge in [-0.25, -0.2) is 9.13 Å². The van der Waals surface area contributed by atoms with Gasteiger partial charge in [0, 0.05) is 10.7 Å². The molecule has 0 bridgehead atoms. The van der Waals surface area contributed by atoms with Crippen LogP contribution in [0.25, 0.3) is 0 Å². The van der Waals surface area contributed by atoms with E-state index in [0.717, 1.165) is 0 Å². The van der Waals surface area contributed by atoms with Crippen LogP contribution in [0.15, 0.2) is 0 Å². The minimum absolute atomic E-state index is 0.0614. The first-order chi connectivity index (χ1) is 12.4. The van der Waals surface area contributed by atoms with Gasteiger partial charge < -0.3 is 0 Å². The van der Waals surface area contributed by atoms with Crippen LogP contribution in [0.5, 0.6) is 0 Å². The van der Waals surface area contributed by atoms with E-state index >= 15 is 0 Å². The van der Waals surface area contributed by atoms with Crippen molar-refractivity contribution in [1.29, 1.82) is 0 Å². The molecule has 0 aromatic rings. The molecule has 0 aliphatic carbocycles. The van der Waals surface area contributed by atoms with E-state index in [1.807, 2.05) is 27.7 Å². The predicted octanol–water partition coefficient (Wildman–Crippen LogP) is 5.16. The van der Waals surface area contributed by atoms with Crippen molar-refractivity contribution < 1.29 is 36.3 Å². The van der Waals surface area contributed by atoms with Gasteiger partial charge in [0.2, 0.25) is 0 Å². The van der Waals surface area contributed by atoms with E-state index < -0.39 is 21.1 Å². The Morgan fingerprint density at radius 2 is 1.07 bits per heavy atom. The van der Waals surface area contributed by atoms with Crippen molar-refractivity contribution in [3.05, 3.63) is 0 Å². The third-order valence-electron chi connectivity index (χ3n) is 4.07. The highest BCUT2D eigenvalue weighted by Gasteiger charge is 2.50. The zero-order valence-corrected chi connectivity index (χ0v) is 21.0. The lowest BCUT2D eigenvalue weighted by Gasteiger charge is -2.42. The fourth-order valence-corrected chi connectivity index (χ4v) is 5.44. The van der Waals surface area contributed by atoms with Crippen molar-refractivity contribution in [2.75, 3.05) is 50.3 Å². The molecule has 0 amide bonds. The molecule has 2 heterocycles. The Morgan fingerprint density at radius 3 is 1.33 bits per heavy atom. The number of hydrogen-bond acceptors (Lipinski definition) is 8. The first-order valence-electron chi connectivity index (χ1n) is 8.56. The van der Waals surface area contributed by atoms with Gasteiger partial charge in [0.15, 0.2) is 0 Å². The van der Waals surface area contributed by atoms with E-state index in [-0.39, 0.29) is 50.5 Å². The summed E-state index contributed by atoms with van der Waals surface area (Å²) in [6.07, 6.45) is 0. The van der Waals surface area contributed by atoms with Gasteiger partial charge in [-0.1, -0.05) is 59.6 Å². The van der Waals surface area contributed by atoms with Gasteiger partial charge in [0.05, 0.1) is 45.1 Å². The quantitative estimate of drug-likeness (QED) is 0.299. The minimum Gasteiger partial charge on any atom is -0.286 e. The van der Waals surface area contributed by atoms with Crippen molar-refractivity contribution in [2.45, 2.75) is 27.7 Å². The number of phosphoric ester groups is 2. The van der Waals surface area contributed by atoms with Crippen LogP contribution in [0.1, 0.15) is 27.7 Å². The molecule has 0 aromatic carbocycles. The standard InChI is InChI=1S/C15H28Br2O8P2/c1-13(2,5-16)7-20-26(18)22-9-15(10-23-26)11-24-27(19,25-12-15)21-8-14(3,4)6-17/h5-12H2,1-4H3. The molecule has 0 N–H and O–H groups in total. The highest BCUT2D eigenvalue weighted by Crippen LogP contribution is 2.60. The van der Waals surface area contributed by atoms with Gasteiger partial charge in [-0.15, -0.1) is 0 Å². The summed E-state index contributed by atoms with van der Waals surface area (Å²) in [6, 6.07) is 0. The predicted molar refractivity (Wildman–Crippen MR) is 109 cm³/mol. The molecule has 160 valence electrons. The highest BCUT2D eigenvalue weighted by atomic mass is 79.9. The average molecular weight is 558 g/mol. The Kier molecular flexibility index (Phi) is 8.26. The van der Waals surface area contributed by atoms with Crippen molar-refractivity contribution in [3.63, 3.8) is 0 Å². The molecule has 0 aromatic heterocycles. The summed E-state index contributed by atoms with van der Waals surface area (Å²) in [5.41, 5.74) is -1.10. The lowest BCUT2D eigenvalue weighted by atomic mass is 9.93. The molecular formula is C15H28Br2O8P2. The van der Waals surface area contributed by atoms with Crippen LogP contribution in [0.3, 0.4) is 0 Å². The summed E-state index contributed by atoms with van der Waals surface area (Å²) in [4.78, 5) is 0. The molecule has 2 rings (SSSR count). The van der Waals surface area contributed by atoms with E-state index in [1.54, 1.807) is 0 Å². The van der Waals surface area contributed by atoms with Crippen LogP contribution in [0.2, 0.25) is 0 Å². The first-order valence-corrected chi connectivity index (χ1v) is 13.7. The lowest BCUT2D eigenvalue weighted by Crippen LogP contribution is -2.46. The molecule has 12 heteroatoms. The van der Waals surface area contributed by atoms with Gasteiger partial charge in [0.1, 0.15) is 0 Å². The van der Waals surface area contributed by atoms with E-state index in [2.05, 4.69) is 31.9 Å². The van der Waals surface area contributed by atoms with Crippen molar-refractivity contribution in [3.8, 4) is 0 Å². The van der Waals surface area contributed by atoms with Crippen molar-refractivity contribution >= 4 is 47.5 Å². The second kappa shape index (κ2) is 9.13. The topological polar surface area (TPSA) is 89.5 Å². The van der Waals surface area contributed by atoms with Gasteiger partial charge in [-0.3, -0.25) is 27.1 Å². The molecule has 1 spiro atoms. The molecule has 0 saturated carbocycles. The summed E-state index contributed by atoms with van der Waals surface area (Å²) in [7, 11) is -7.25. The monoisotopic (exact) mass is 556 g/mol. The Bertz CT molecular complexity index is 533. The number of alkyl halides is 2. The Balaban J connectivity index is 1.84. The maximum absolute atomic E-state index is 12.5. The Hall–Kier alpha value is 1.18. The van der Waals surface area contributed by atoms with E-state index in [4.69, 9.17) is 27.1 Å². The van der Waals surface area contributed by atoms with Crippen LogP contribution in [-0.4, -0.2) is 50.3 Å². The normalized spacial score (nSPS) is 35.5. The molecule has 27 heavy (non-hydrogen) atoms. The summed E-state index contributed by atoms with van der Waals surface area (Å²) in [6.45, 7) is 8.57. The van der Waals surface area contributed by atoms with E-state index in [1.165, 1.54) is 0 Å². The lowest BCUT2D eigenvalue weighted by molar-refractivity contribution is -0.0986. The molecule has 2 saturated heterocycles. The maximum atomic E-state index is 12.5. The minimum atomic E-state index is -3.62. The SMILES string of the molecule is CC(C)(CBr)COP1(=O)OCC2(CO1)COP(=O)(OCC(C)(C)CBr)OC2. The summed E-state index contributed by atoms with van der Waals surface area (Å²) < 4.78 is 57.5. The number of halogens is 2. The Morgan fingerprint density at radius 1 is 0.778 bits per heavy atom. The average Bonchev–Trinajstić information content (AvgIpc) is 2.64. The summed E-state index contributed by atoms with van der Waals surface area (Å²) in [5.74, 6) is 0. The third kappa shape index (κ3) is 7.12. The maximum Gasteiger partial charge on any atom is 0.474 e. The zero-order valence-electron chi connectivity index (χ0n) is 16.1. The number of rotatable bonds is 8. The molecule has 2 aliphatic rings. The van der Waals surface area contributed by atoms with Gasteiger partial charge in [-0.05, 0) is 10.8 Å². The summed E-state index contributed by atoms with van der Waals surface area (Å²) >= 11 is 6.77. The number of hydrogen-bond donors (Lipinski definition) is 0. The fraction of sp³-hybridized carbons (Fsp3) is 1.00. The van der Waals surface area contributed by atoms with Gasteiger partial charge in [-0.2, -0.15) is 0 Å². The molecular weight excluding hydrogens is 530 g/mol. The highest BCUT2D eigenvalue weighted by molar-refractivity contribution is 9.09. The van der Waals surface area contributed by atoms with Gasteiger partial charge >= 0.3 is 15.6 Å². The molecule has 0 atom stereocenters. The van der Waals surface area contributed by atoms with Gasteiger partial charge in [0.25, 0.3) is 0 Å². The fourth-order valence-electron chi connectivity index (χ4n) is 1.92. The van der Waals surface area contributed by atoms with Crippen LogP contribution >= 0.6 is 47.5 Å². The third-order valence-corrected chi connectivity index (χ3v) is 9.77. The van der Waals surface area contributed by atoms with Crippen molar-refractivity contribution in [1.82, 2.24) is 0 Å². The second-order valence-electron chi connectivity index (χ2n) is 8.63. The summed E-state index contributed by atoms with van der Waals surface area (Å²) in [5, 5.41) is 1.37.